The Morgan fingerprint density at radius 3 is 2.32 bits per heavy atom. The van der Waals surface area contributed by atoms with Gasteiger partial charge in [-0.2, -0.15) is 0 Å². The Kier molecular flexibility index (Phi) is 5.01. The second kappa shape index (κ2) is 6.50. The molecule has 4 N–H and O–H groups in total. The smallest absolute Gasteiger partial charge is 0.323 e. The zero-order chi connectivity index (χ0) is 14.4. The van der Waals surface area contributed by atoms with Gasteiger partial charge in [-0.05, 0) is 24.3 Å². The van der Waals surface area contributed by atoms with Crippen molar-refractivity contribution in [2.45, 2.75) is 6.92 Å². The molecule has 7 heteroatoms. The van der Waals surface area contributed by atoms with Gasteiger partial charge in [-0.3, -0.25) is 14.4 Å². The minimum absolute atomic E-state index is 0.0575. The number of amides is 3. The van der Waals surface area contributed by atoms with Crippen LogP contribution in [-0.2, 0) is 14.4 Å². The summed E-state index contributed by atoms with van der Waals surface area (Å²) in [6.45, 7) is 0.826. The molecule has 1 aromatic carbocycles. The average Bonchev–Trinajstić information content (AvgIpc) is 2.38. The normalized spacial score (nSPS) is 9.79. The highest BCUT2D eigenvalue weighted by Gasteiger charge is 2.26. The quantitative estimate of drug-likeness (QED) is 0.492. The number of nitrogens with one attached hydrogen (secondary N) is 1. The molecule has 19 heavy (non-hydrogen) atoms. The van der Waals surface area contributed by atoms with E-state index in [1.807, 2.05) is 0 Å². The third-order valence-corrected chi connectivity index (χ3v) is 2.26. The molecule has 0 spiro atoms. The molecule has 0 saturated heterocycles. The van der Waals surface area contributed by atoms with Crippen LogP contribution in [0, 0.1) is 0 Å². The number of nitrogen functional groups attached to an aromatic ring is 1. The molecule has 0 aliphatic heterocycles. The van der Waals surface area contributed by atoms with Crippen LogP contribution in [0.25, 0.3) is 0 Å². The van der Waals surface area contributed by atoms with E-state index in [9.17, 15) is 14.4 Å². The van der Waals surface area contributed by atoms with E-state index in [1.165, 1.54) is 31.2 Å². The third kappa shape index (κ3) is 3.78. The first-order valence-corrected chi connectivity index (χ1v) is 5.56. The fraction of sp³-hybridized carbons (Fsp3) is 0.250. The number of nitrogens with zero attached hydrogens (tertiary/aromatic N) is 1. The zero-order valence-electron chi connectivity index (χ0n) is 10.4. The van der Waals surface area contributed by atoms with E-state index in [4.69, 9.17) is 10.8 Å². The summed E-state index contributed by atoms with van der Waals surface area (Å²) < 4.78 is 0. The van der Waals surface area contributed by atoms with Crippen LogP contribution < -0.4 is 16.0 Å². The highest BCUT2D eigenvalue weighted by Crippen LogP contribution is 2.16. The number of rotatable bonds is 3. The molecule has 0 bridgehead atoms. The lowest BCUT2D eigenvalue weighted by Gasteiger charge is -2.18. The Morgan fingerprint density at radius 1 is 1.26 bits per heavy atom. The van der Waals surface area contributed by atoms with Gasteiger partial charge in [0, 0.05) is 19.2 Å². The molecule has 3 amide bonds. The van der Waals surface area contributed by atoms with Crippen LogP contribution in [0.15, 0.2) is 24.3 Å². The maximum absolute atomic E-state index is 11.9. The Bertz CT molecular complexity index is 484. The lowest BCUT2D eigenvalue weighted by molar-refractivity contribution is -0.139. The van der Waals surface area contributed by atoms with Crippen LogP contribution in [0.4, 0.5) is 11.4 Å². The van der Waals surface area contributed by atoms with Crippen LogP contribution in [0.1, 0.15) is 6.92 Å². The van der Waals surface area contributed by atoms with Gasteiger partial charge in [0.15, 0.2) is 0 Å². The maximum atomic E-state index is 11.9. The lowest BCUT2D eigenvalue weighted by atomic mass is 10.2. The summed E-state index contributed by atoms with van der Waals surface area (Å²) in [5.41, 5.74) is 6.24. The van der Waals surface area contributed by atoms with E-state index >= 15 is 0 Å². The van der Waals surface area contributed by atoms with Crippen molar-refractivity contribution in [3.63, 3.8) is 0 Å². The van der Waals surface area contributed by atoms with E-state index in [2.05, 4.69) is 5.32 Å². The Balaban J connectivity index is 2.95. The molecule has 0 heterocycles. The van der Waals surface area contributed by atoms with Gasteiger partial charge in [-0.15, -0.1) is 0 Å². The van der Waals surface area contributed by atoms with E-state index in [-0.39, 0.29) is 18.8 Å². The molecule has 7 nitrogen and oxygen atoms in total. The third-order valence-electron chi connectivity index (χ3n) is 2.26. The van der Waals surface area contributed by atoms with Crippen molar-refractivity contribution in [2.75, 3.05) is 23.8 Å². The van der Waals surface area contributed by atoms with E-state index < -0.39 is 17.7 Å². The average molecular weight is 265 g/mol. The second-order valence-electron chi connectivity index (χ2n) is 3.73. The Hall–Kier alpha value is -2.41. The van der Waals surface area contributed by atoms with Crippen molar-refractivity contribution < 1.29 is 19.5 Å². The number of imide groups is 1. The van der Waals surface area contributed by atoms with Gasteiger partial charge in [-0.1, -0.05) is 0 Å². The largest absolute Gasteiger partial charge is 0.399 e. The van der Waals surface area contributed by atoms with Crippen molar-refractivity contribution in [1.29, 1.82) is 0 Å². The molecule has 1 rings (SSSR count). The first-order chi connectivity index (χ1) is 8.97. The highest BCUT2D eigenvalue weighted by atomic mass is 16.3. The van der Waals surface area contributed by atoms with Crippen LogP contribution in [0.5, 0.6) is 0 Å². The molecule has 102 valence electrons. The molecule has 0 aromatic heterocycles. The molecule has 0 unspecified atom stereocenters. The van der Waals surface area contributed by atoms with Crippen molar-refractivity contribution in [3.05, 3.63) is 24.3 Å². The number of hydrogen-bond donors (Lipinski definition) is 3. The summed E-state index contributed by atoms with van der Waals surface area (Å²) in [5, 5.41) is 10.8. The number of carbonyl (C=O) groups is 3. The predicted molar refractivity (Wildman–Crippen MR) is 69.1 cm³/mol. The summed E-state index contributed by atoms with van der Waals surface area (Å²) >= 11 is 0. The molecule has 0 saturated carbocycles. The second-order valence-corrected chi connectivity index (χ2v) is 3.73. The van der Waals surface area contributed by atoms with E-state index in [0.29, 0.717) is 5.69 Å². The van der Waals surface area contributed by atoms with Gasteiger partial charge in [0.1, 0.15) is 0 Å². The summed E-state index contributed by atoms with van der Waals surface area (Å²) in [7, 11) is 0. The van der Waals surface area contributed by atoms with Crippen LogP contribution in [0.3, 0.4) is 0 Å². The summed E-state index contributed by atoms with van der Waals surface area (Å²) in [4.78, 5) is 35.6. The highest BCUT2D eigenvalue weighted by molar-refractivity contribution is 6.45. The minimum Gasteiger partial charge on any atom is -0.399 e. The van der Waals surface area contributed by atoms with Crippen molar-refractivity contribution in [1.82, 2.24) is 5.32 Å². The van der Waals surface area contributed by atoms with Crippen molar-refractivity contribution in [2.24, 2.45) is 0 Å². The number of aliphatic hydroxyl groups excluding tert-OH is 1. The van der Waals surface area contributed by atoms with Crippen LogP contribution >= 0.6 is 0 Å². The standard InChI is InChI=1S/C12H15N3O4/c1-8(17)15(10-4-2-9(13)3-5-10)12(19)11(18)14-6-7-16/h2-5,16H,6-7,13H2,1H3,(H,14,18). The van der Waals surface area contributed by atoms with E-state index in [0.717, 1.165) is 4.90 Å². The molecule has 1 aromatic rings. The van der Waals surface area contributed by atoms with Crippen LogP contribution in [0.2, 0.25) is 0 Å². The molecule has 0 atom stereocenters. The molecule has 0 fully saturated rings. The fourth-order valence-electron chi connectivity index (χ4n) is 1.41. The summed E-state index contributed by atoms with van der Waals surface area (Å²) in [6, 6.07) is 5.97. The number of hydrogen-bond acceptors (Lipinski definition) is 5. The maximum Gasteiger partial charge on any atom is 0.323 e. The minimum atomic E-state index is -1.01. The number of carbonyl (C=O) groups excluding carboxylic acids is 3. The van der Waals surface area contributed by atoms with Gasteiger partial charge in [0.05, 0.1) is 12.3 Å². The van der Waals surface area contributed by atoms with Crippen molar-refractivity contribution >= 4 is 29.1 Å². The van der Waals surface area contributed by atoms with E-state index in [1.54, 1.807) is 0 Å². The lowest BCUT2D eigenvalue weighted by Crippen LogP contribution is -2.46. The van der Waals surface area contributed by atoms with Gasteiger partial charge in [0.2, 0.25) is 5.91 Å². The van der Waals surface area contributed by atoms with Gasteiger partial charge in [0.25, 0.3) is 0 Å². The first kappa shape index (κ1) is 14.7. The monoisotopic (exact) mass is 265 g/mol. The SMILES string of the molecule is CC(=O)N(C(=O)C(=O)NCCO)c1ccc(N)cc1. The first-order valence-electron chi connectivity index (χ1n) is 5.56. The molecule has 0 aliphatic rings. The Labute approximate surface area is 110 Å². The molecule has 0 radical (unpaired) electrons. The van der Waals surface area contributed by atoms with Crippen molar-refractivity contribution in [3.8, 4) is 0 Å². The number of anilines is 2. The van der Waals surface area contributed by atoms with Crippen LogP contribution in [-0.4, -0.2) is 36.0 Å². The predicted octanol–water partition coefficient (Wildman–Crippen LogP) is -0.743. The number of nitrogens with two attached hydrogens (primary N) is 1. The molecular formula is C12H15N3O4. The topological polar surface area (TPSA) is 113 Å². The fourth-order valence-corrected chi connectivity index (χ4v) is 1.41. The zero-order valence-corrected chi connectivity index (χ0v) is 10.4. The van der Waals surface area contributed by atoms with Gasteiger partial charge >= 0.3 is 11.8 Å². The molecule has 0 aliphatic carbocycles. The Morgan fingerprint density at radius 2 is 1.84 bits per heavy atom. The van der Waals surface area contributed by atoms with Gasteiger partial charge < -0.3 is 16.2 Å². The van der Waals surface area contributed by atoms with Gasteiger partial charge in [-0.25, -0.2) is 4.90 Å². The molecular weight excluding hydrogens is 250 g/mol. The summed E-state index contributed by atoms with van der Waals surface area (Å²) in [6.07, 6.45) is 0. The summed E-state index contributed by atoms with van der Waals surface area (Å²) in [5.74, 6) is -2.55. The number of aliphatic hydroxyl groups is 1. The number of benzene rings is 1.